The van der Waals surface area contributed by atoms with Crippen LogP contribution in [0.4, 0.5) is 0 Å². The van der Waals surface area contributed by atoms with E-state index >= 15 is 0 Å². The Morgan fingerprint density at radius 3 is 2.94 bits per heavy atom. The number of esters is 1. The molecule has 0 saturated heterocycles. The summed E-state index contributed by atoms with van der Waals surface area (Å²) in [5, 5.41) is 5.30. The van der Waals surface area contributed by atoms with Gasteiger partial charge in [-0.1, -0.05) is 0 Å². The molecule has 84 valence electrons. The number of rotatable bonds is 2. The molecule has 0 N–H and O–H groups in total. The van der Waals surface area contributed by atoms with Gasteiger partial charge >= 0.3 is 5.97 Å². The van der Waals surface area contributed by atoms with Gasteiger partial charge in [0.15, 0.2) is 0 Å². The lowest BCUT2D eigenvalue weighted by Crippen LogP contribution is -2.00. The number of hydrogen-bond acceptors (Lipinski definition) is 3. The third-order valence-corrected chi connectivity index (χ3v) is 2.96. The maximum atomic E-state index is 11.4. The topological polar surface area (TPSA) is 44.1 Å². The number of halogens is 1. The molecule has 0 spiro atoms. The largest absolute Gasteiger partial charge is 0.465 e. The Labute approximate surface area is 101 Å². The van der Waals surface area contributed by atoms with Crippen LogP contribution in [0, 0.1) is 0 Å². The zero-order chi connectivity index (χ0) is 11.7. The molecule has 1 aromatic carbocycles. The van der Waals surface area contributed by atoms with Crippen molar-refractivity contribution in [2.75, 3.05) is 7.11 Å². The molecule has 0 bridgehead atoms. The molecule has 0 radical (unpaired) electrons. The van der Waals surface area contributed by atoms with E-state index in [2.05, 4.69) is 25.8 Å². The third kappa shape index (κ3) is 1.82. The highest BCUT2D eigenvalue weighted by Gasteiger charge is 2.11. The maximum Gasteiger partial charge on any atom is 0.337 e. The van der Waals surface area contributed by atoms with Gasteiger partial charge in [-0.3, -0.25) is 4.68 Å². The molecule has 2 aromatic rings. The van der Waals surface area contributed by atoms with Gasteiger partial charge in [0.05, 0.1) is 12.7 Å². The van der Waals surface area contributed by atoms with Crippen molar-refractivity contribution in [2.24, 2.45) is 0 Å². The van der Waals surface area contributed by atoms with E-state index in [0.717, 1.165) is 21.9 Å². The first kappa shape index (κ1) is 11.1. The third-order valence-electron chi connectivity index (χ3n) is 2.35. The van der Waals surface area contributed by atoms with Crippen LogP contribution < -0.4 is 0 Å². The number of methoxy groups -OCH3 is 1. The van der Waals surface area contributed by atoms with Crippen LogP contribution in [0.1, 0.15) is 17.3 Å². The molecule has 1 heterocycles. The molecule has 5 heteroatoms. The summed E-state index contributed by atoms with van der Waals surface area (Å²) in [6.45, 7) is 2.82. The molecule has 0 saturated carbocycles. The van der Waals surface area contributed by atoms with Crippen LogP contribution in [0.25, 0.3) is 10.9 Å². The number of ether oxygens (including phenoxy) is 1. The Bertz CT molecular complexity index is 548. The van der Waals surface area contributed by atoms with Gasteiger partial charge in [0.25, 0.3) is 0 Å². The number of hydrogen-bond donors (Lipinski definition) is 0. The molecular formula is C11H11BrN2O2. The SMILES string of the molecule is CCn1cc2cc(C(=O)OC)cc(Br)c2n1. The molecule has 1 aromatic heterocycles. The first-order chi connectivity index (χ1) is 7.65. The van der Waals surface area contributed by atoms with Gasteiger partial charge in [0.2, 0.25) is 0 Å². The van der Waals surface area contributed by atoms with Gasteiger partial charge in [-0.15, -0.1) is 0 Å². The fourth-order valence-corrected chi connectivity index (χ4v) is 2.09. The molecule has 0 aliphatic rings. The highest BCUT2D eigenvalue weighted by Crippen LogP contribution is 2.25. The lowest BCUT2D eigenvalue weighted by Gasteiger charge is -2.00. The normalized spacial score (nSPS) is 10.7. The Balaban J connectivity index is 2.61. The number of nitrogens with zero attached hydrogens (tertiary/aromatic N) is 2. The average molecular weight is 283 g/mol. The van der Waals surface area contributed by atoms with Gasteiger partial charge in [-0.2, -0.15) is 5.10 Å². The quantitative estimate of drug-likeness (QED) is 0.796. The molecule has 0 atom stereocenters. The zero-order valence-corrected chi connectivity index (χ0v) is 10.6. The molecule has 0 unspecified atom stereocenters. The van der Waals surface area contributed by atoms with Gasteiger partial charge in [0.1, 0.15) is 5.52 Å². The molecule has 0 fully saturated rings. The van der Waals surface area contributed by atoms with Gasteiger partial charge in [-0.25, -0.2) is 4.79 Å². The molecule has 16 heavy (non-hydrogen) atoms. The standard InChI is InChI=1S/C11H11BrN2O2/c1-3-14-6-8-4-7(11(15)16-2)5-9(12)10(8)13-14/h4-6H,3H2,1-2H3. The van der Waals surface area contributed by atoms with Crippen LogP contribution in [-0.2, 0) is 11.3 Å². The Morgan fingerprint density at radius 1 is 1.56 bits per heavy atom. The van der Waals surface area contributed by atoms with Crippen LogP contribution in [0.3, 0.4) is 0 Å². The first-order valence-corrected chi connectivity index (χ1v) is 5.70. The van der Waals surface area contributed by atoms with Crippen molar-refractivity contribution in [1.82, 2.24) is 9.78 Å². The molecule has 0 aliphatic heterocycles. The van der Waals surface area contributed by atoms with E-state index in [1.54, 1.807) is 12.1 Å². The van der Waals surface area contributed by atoms with E-state index in [1.807, 2.05) is 17.8 Å². The van der Waals surface area contributed by atoms with E-state index in [-0.39, 0.29) is 5.97 Å². The van der Waals surface area contributed by atoms with Crippen molar-refractivity contribution in [3.05, 3.63) is 28.4 Å². The van der Waals surface area contributed by atoms with Gasteiger partial charge in [-0.05, 0) is 35.0 Å². The van der Waals surface area contributed by atoms with E-state index in [4.69, 9.17) is 0 Å². The second-order valence-electron chi connectivity index (χ2n) is 3.37. The number of aromatic nitrogens is 2. The second kappa shape index (κ2) is 4.25. The zero-order valence-electron chi connectivity index (χ0n) is 9.03. The fraction of sp³-hybridized carbons (Fsp3) is 0.273. The Morgan fingerprint density at radius 2 is 2.31 bits per heavy atom. The highest BCUT2D eigenvalue weighted by atomic mass is 79.9. The van der Waals surface area contributed by atoms with E-state index in [0.29, 0.717) is 5.56 Å². The first-order valence-electron chi connectivity index (χ1n) is 4.90. The monoisotopic (exact) mass is 282 g/mol. The van der Waals surface area contributed by atoms with E-state index in [9.17, 15) is 4.79 Å². The van der Waals surface area contributed by atoms with Crippen molar-refractivity contribution >= 4 is 32.8 Å². The van der Waals surface area contributed by atoms with Crippen molar-refractivity contribution in [1.29, 1.82) is 0 Å². The van der Waals surface area contributed by atoms with Crippen LogP contribution in [0.5, 0.6) is 0 Å². The van der Waals surface area contributed by atoms with E-state index < -0.39 is 0 Å². The molecule has 0 aliphatic carbocycles. The molecule has 2 rings (SSSR count). The number of carbonyl (C=O) groups is 1. The number of carbonyl (C=O) groups excluding carboxylic acids is 1. The number of fused-ring (bicyclic) bond motifs is 1. The number of benzene rings is 1. The summed E-state index contributed by atoms with van der Waals surface area (Å²) in [4.78, 5) is 11.4. The summed E-state index contributed by atoms with van der Waals surface area (Å²) in [5.74, 6) is -0.341. The summed E-state index contributed by atoms with van der Waals surface area (Å²) in [6.07, 6.45) is 1.91. The van der Waals surface area contributed by atoms with Crippen molar-refractivity contribution in [3.8, 4) is 0 Å². The second-order valence-corrected chi connectivity index (χ2v) is 4.23. The minimum Gasteiger partial charge on any atom is -0.465 e. The molecular weight excluding hydrogens is 272 g/mol. The Hall–Kier alpha value is -1.36. The summed E-state index contributed by atoms with van der Waals surface area (Å²) < 4.78 is 7.32. The summed E-state index contributed by atoms with van der Waals surface area (Å²) in [7, 11) is 1.37. The van der Waals surface area contributed by atoms with E-state index in [1.165, 1.54) is 7.11 Å². The van der Waals surface area contributed by atoms with Crippen molar-refractivity contribution in [3.63, 3.8) is 0 Å². The molecule has 0 amide bonds. The van der Waals surface area contributed by atoms with Crippen LogP contribution in [-0.4, -0.2) is 22.9 Å². The summed E-state index contributed by atoms with van der Waals surface area (Å²) in [5.41, 5.74) is 1.38. The lowest BCUT2D eigenvalue weighted by molar-refractivity contribution is 0.0601. The van der Waals surface area contributed by atoms with Crippen LogP contribution in [0.2, 0.25) is 0 Å². The van der Waals surface area contributed by atoms with Crippen molar-refractivity contribution < 1.29 is 9.53 Å². The Kier molecular flexibility index (Phi) is 2.96. The lowest BCUT2D eigenvalue weighted by atomic mass is 10.1. The summed E-state index contributed by atoms with van der Waals surface area (Å²) in [6, 6.07) is 3.51. The van der Waals surface area contributed by atoms with Crippen LogP contribution in [0.15, 0.2) is 22.8 Å². The predicted octanol–water partition coefficient (Wildman–Crippen LogP) is 2.61. The molecule has 4 nitrogen and oxygen atoms in total. The average Bonchev–Trinajstić information content (AvgIpc) is 2.71. The minimum atomic E-state index is -0.341. The highest BCUT2D eigenvalue weighted by molar-refractivity contribution is 9.10. The minimum absolute atomic E-state index is 0.341. The number of aryl methyl sites for hydroxylation is 1. The maximum absolute atomic E-state index is 11.4. The smallest absolute Gasteiger partial charge is 0.337 e. The van der Waals surface area contributed by atoms with Gasteiger partial charge in [0, 0.05) is 22.6 Å². The van der Waals surface area contributed by atoms with Crippen molar-refractivity contribution in [2.45, 2.75) is 13.5 Å². The van der Waals surface area contributed by atoms with Gasteiger partial charge < -0.3 is 4.74 Å². The fourth-order valence-electron chi connectivity index (χ4n) is 1.54. The van der Waals surface area contributed by atoms with Crippen LogP contribution >= 0.6 is 15.9 Å². The summed E-state index contributed by atoms with van der Waals surface area (Å²) >= 11 is 3.40. The predicted molar refractivity (Wildman–Crippen MR) is 64.4 cm³/mol.